The second kappa shape index (κ2) is 7.41. The lowest BCUT2D eigenvalue weighted by atomic mass is 9.89. The number of hydrogen-bond donors (Lipinski definition) is 1. The van der Waals surface area contributed by atoms with Crippen LogP contribution in [-0.2, 0) is 17.8 Å². The molecule has 132 valence electrons. The number of fused-ring (bicyclic) bond motifs is 3. The number of nitrogens with zero attached hydrogens (tertiary/aromatic N) is 1. The zero-order valence-corrected chi connectivity index (χ0v) is 15.9. The largest absolute Gasteiger partial charge is 0.338 e. The lowest BCUT2D eigenvalue weighted by Gasteiger charge is -2.33. The third-order valence-corrected chi connectivity index (χ3v) is 6.19. The molecule has 0 aliphatic carbocycles. The summed E-state index contributed by atoms with van der Waals surface area (Å²) in [6.07, 6.45) is 6.41. The van der Waals surface area contributed by atoms with Crippen LogP contribution in [0.1, 0.15) is 43.2 Å². The molecule has 1 N–H and O–H groups in total. The summed E-state index contributed by atoms with van der Waals surface area (Å²) < 4.78 is 0. The number of hydrogen-bond acceptors (Lipinski definition) is 2. The molecular weight excluding hydrogens is 367 g/mol. The van der Waals surface area contributed by atoms with Gasteiger partial charge in [-0.1, -0.05) is 23.2 Å². The summed E-state index contributed by atoms with van der Waals surface area (Å²) in [4.78, 5) is 14.7. The Bertz CT molecular complexity index is 625. The topological polar surface area (TPSA) is 32.3 Å². The molecule has 1 amide bonds. The summed E-state index contributed by atoms with van der Waals surface area (Å²) in [5, 5.41) is 5.01. The van der Waals surface area contributed by atoms with Crippen molar-refractivity contribution in [1.82, 2.24) is 10.2 Å². The Morgan fingerprint density at radius 1 is 1.21 bits per heavy atom. The molecule has 2 unspecified atom stereocenters. The van der Waals surface area contributed by atoms with Crippen LogP contribution in [0.5, 0.6) is 0 Å². The van der Waals surface area contributed by atoms with Crippen LogP contribution in [0.15, 0.2) is 12.1 Å². The first-order valence-electron chi connectivity index (χ1n) is 8.59. The fourth-order valence-corrected chi connectivity index (χ4v) is 5.11. The Morgan fingerprint density at radius 3 is 2.62 bits per heavy atom. The molecule has 4 rings (SSSR count). The van der Waals surface area contributed by atoms with Crippen molar-refractivity contribution in [3.63, 3.8) is 0 Å². The number of nitrogens with one attached hydrogen (secondary N) is 1. The molecule has 3 heterocycles. The standard InChI is InChI=1S/C18H22Cl2N2O.ClH/c19-13-8-12-3-4-22(10-16(12)17(20)9-13)18(23)7-11-5-14-1-2-15(6-11)21-14;/h8-9,11,14-15,21H,1-7,10H2;1H. The first kappa shape index (κ1) is 18.3. The van der Waals surface area contributed by atoms with Gasteiger partial charge >= 0.3 is 0 Å². The molecule has 3 aliphatic rings. The predicted molar refractivity (Wildman–Crippen MR) is 100 cm³/mol. The minimum Gasteiger partial charge on any atom is -0.338 e. The Morgan fingerprint density at radius 2 is 1.92 bits per heavy atom. The SMILES string of the molecule is Cl.O=C(CC1CC2CCC(C1)N2)N1CCc2cc(Cl)cc(Cl)c2C1. The van der Waals surface area contributed by atoms with Gasteiger partial charge in [-0.3, -0.25) is 4.79 Å². The number of amides is 1. The van der Waals surface area contributed by atoms with Crippen LogP contribution in [0, 0.1) is 5.92 Å². The first-order chi connectivity index (χ1) is 11.1. The predicted octanol–water partition coefficient (Wildman–Crippen LogP) is 4.22. The van der Waals surface area contributed by atoms with E-state index in [1.807, 2.05) is 11.0 Å². The molecule has 2 saturated heterocycles. The van der Waals surface area contributed by atoms with E-state index in [4.69, 9.17) is 23.2 Å². The van der Waals surface area contributed by atoms with Crippen LogP contribution in [0.4, 0.5) is 0 Å². The normalized spacial score (nSPS) is 28.2. The summed E-state index contributed by atoms with van der Waals surface area (Å²) >= 11 is 12.4. The molecule has 2 fully saturated rings. The van der Waals surface area contributed by atoms with Gasteiger partial charge in [0, 0.05) is 41.6 Å². The van der Waals surface area contributed by atoms with Gasteiger partial charge in [0.05, 0.1) is 0 Å². The molecule has 6 heteroatoms. The van der Waals surface area contributed by atoms with Crippen LogP contribution >= 0.6 is 35.6 Å². The summed E-state index contributed by atoms with van der Waals surface area (Å²) in [5.41, 5.74) is 2.26. The number of rotatable bonds is 2. The van der Waals surface area contributed by atoms with Gasteiger partial charge in [0.2, 0.25) is 5.91 Å². The van der Waals surface area contributed by atoms with Crippen molar-refractivity contribution in [2.75, 3.05) is 6.54 Å². The second-order valence-electron chi connectivity index (χ2n) is 7.27. The van der Waals surface area contributed by atoms with Crippen LogP contribution in [0.3, 0.4) is 0 Å². The Hall–Kier alpha value is -0.480. The van der Waals surface area contributed by atoms with Crippen molar-refractivity contribution in [3.05, 3.63) is 33.3 Å². The van der Waals surface area contributed by atoms with Gasteiger partial charge in [0.1, 0.15) is 0 Å². The van der Waals surface area contributed by atoms with Gasteiger partial charge < -0.3 is 10.2 Å². The number of halogens is 3. The van der Waals surface area contributed by atoms with E-state index in [0.717, 1.165) is 31.4 Å². The van der Waals surface area contributed by atoms with Crippen LogP contribution in [-0.4, -0.2) is 29.4 Å². The van der Waals surface area contributed by atoms with E-state index in [2.05, 4.69) is 5.32 Å². The number of carbonyl (C=O) groups is 1. The highest BCUT2D eigenvalue weighted by atomic mass is 35.5. The van der Waals surface area contributed by atoms with E-state index >= 15 is 0 Å². The summed E-state index contributed by atoms with van der Waals surface area (Å²) in [7, 11) is 0. The Kier molecular flexibility index (Phi) is 5.65. The molecule has 0 aromatic heterocycles. The highest BCUT2D eigenvalue weighted by Gasteiger charge is 2.35. The number of carbonyl (C=O) groups excluding carboxylic acids is 1. The van der Waals surface area contributed by atoms with Gasteiger partial charge in [-0.2, -0.15) is 0 Å². The first-order valence-corrected chi connectivity index (χ1v) is 9.34. The van der Waals surface area contributed by atoms with E-state index < -0.39 is 0 Å². The lowest BCUT2D eigenvalue weighted by molar-refractivity contribution is -0.133. The second-order valence-corrected chi connectivity index (χ2v) is 8.11. The molecule has 2 bridgehead atoms. The maximum atomic E-state index is 12.7. The molecule has 3 nitrogen and oxygen atoms in total. The Balaban J connectivity index is 0.00000169. The molecule has 0 spiro atoms. The van der Waals surface area contributed by atoms with E-state index in [1.54, 1.807) is 6.07 Å². The molecule has 24 heavy (non-hydrogen) atoms. The highest BCUT2D eigenvalue weighted by Crippen LogP contribution is 2.34. The van der Waals surface area contributed by atoms with Crippen LogP contribution in [0.2, 0.25) is 10.0 Å². The van der Waals surface area contributed by atoms with Gasteiger partial charge in [0.15, 0.2) is 0 Å². The molecule has 0 saturated carbocycles. The molecule has 2 atom stereocenters. The van der Waals surface area contributed by atoms with Crippen LogP contribution in [0.25, 0.3) is 0 Å². The van der Waals surface area contributed by atoms with Crippen molar-refractivity contribution in [2.45, 2.75) is 57.2 Å². The van der Waals surface area contributed by atoms with Gasteiger partial charge in [-0.25, -0.2) is 0 Å². The number of benzene rings is 1. The minimum atomic E-state index is 0. The van der Waals surface area contributed by atoms with Crippen molar-refractivity contribution < 1.29 is 4.79 Å². The highest BCUT2D eigenvalue weighted by molar-refractivity contribution is 6.35. The van der Waals surface area contributed by atoms with E-state index in [0.29, 0.717) is 41.0 Å². The fourth-order valence-electron chi connectivity index (χ4n) is 4.51. The lowest BCUT2D eigenvalue weighted by Crippen LogP contribution is -2.41. The van der Waals surface area contributed by atoms with E-state index in [9.17, 15) is 4.79 Å². The summed E-state index contributed by atoms with van der Waals surface area (Å²) in [6.45, 7) is 1.41. The third-order valence-electron chi connectivity index (χ3n) is 5.64. The van der Waals surface area contributed by atoms with Gasteiger partial charge in [-0.05, 0) is 61.3 Å². The molecule has 0 radical (unpaired) electrons. The smallest absolute Gasteiger partial charge is 0.223 e. The van der Waals surface area contributed by atoms with E-state index in [-0.39, 0.29) is 18.3 Å². The zero-order chi connectivity index (χ0) is 16.0. The van der Waals surface area contributed by atoms with Crippen LogP contribution < -0.4 is 5.32 Å². The summed E-state index contributed by atoms with van der Waals surface area (Å²) in [5.74, 6) is 0.830. The van der Waals surface area contributed by atoms with E-state index in [1.165, 1.54) is 18.4 Å². The maximum absolute atomic E-state index is 12.7. The minimum absolute atomic E-state index is 0. The molecular formula is C18H23Cl3N2O. The quantitative estimate of drug-likeness (QED) is 0.821. The van der Waals surface area contributed by atoms with Crippen molar-refractivity contribution in [2.24, 2.45) is 5.92 Å². The number of piperidine rings is 1. The molecule has 1 aromatic rings. The average molecular weight is 390 g/mol. The maximum Gasteiger partial charge on any atom is 0.223 e. The summed E-state index contributed by atoms with van der Waals surface area (Å²) in [6, 6.07) is 5.05. The third kappa shape index (κ3) is 3.70. The zero-order valence-electron chi connectivity index (χ0n) is 13.6. The van der Waals surface area contributed by atoms with Gasteiger partial charge in [0.25, 0.3) is 0 Å². The van der Waals surface area contributed by atoms with Gasteiger partial charge in [-0.15, -0.1) is 12.4 Å². The molecule has 1 aromatic carbocycles. The monoisotopic (exact) mass is 388 g/mol. The van der Waals surface area contributed by atoms with Crippen molar-refractivity contribution in [3.8, 4) is 0 Å². The Labute approximate surface area is 159 Å². The molecule has 3 aliphatic heterocycles. The van der Waals surface area contributed by atoms with Crippen molar-refractivity contribution >= 4 is 41.5 Å². The fraction of sp³-hybridized carbons (Fsp3) is 0.611. The van der Waals surface area contributed by atoms with Crippen molar-refractivity contribution in [1.29, 1.82) is 0 Å². The average Bonchev–Trinajstić information content (AvgIpc) is 2.85.